The number of rotatable bonds is 4. The highest BCUT2D eigenvalue weighted by molar-refractivity contribution is 9.10. The number of nitrogens with two attached hydrogens (primary N) is 1. The Morgan fingerprint density at radius 1 is 1.39 bits per heavy atom. The number of halogens is 1. The van der Waals surface area contributed by atoms with Crippen LogP contribution >= 0.6 is 15.9 Å². The number of nitrogen functional groups attached to an aromatic ring is 1. The molecule has 8 heteroatoms. The van der Waals surface area contributed by atoms with Crippen LogP contribution in [0, 0.1) is 6.92 Å². The summed E-state index contributed by atoms with van der Waals surface area (Å²) in [6.45, 7) is 2.61. The summed E-state index contributed by atoms with van der Waals surface area (Å²) in [5.74, 6) is 6.56. The summed E-state index contributed by atoms with van der Waals surface area (Å²) in [6, 6.07) is 0. The monoisotopic (exact) mass is 311 g/mol. The van der Waals surface area contributed by atoms with Crippen LogP contribution in [0.1, 0.15) is 11.3 Å². The number of hydrazine groups is 1. The fraction of sp³-hybridized carbons (Fsp3) is 0.300. The third-order valence-electron chi connectivity index (χ3n) is 2.49. The SMILES string of the molecule is Cc1nn(C)cc1CNc1ncnc(NN)c1Br. The van der Waals surface area contributed by atoms with Crippen molar-refractivity contribution in [2.45, 2.75) is 13.5 Å². The van der Waals surface area contributed by atoms with Crippen LogP contribution in [0.4, 0.5) is 11.6 Å². The Labute approximate surface area is 113 Å². The predicted molar refractivity (Wildman–Crippen MR) is 72.8 cm³/mol. The van der Waals surface area contributed by atoms with Crippen molar-refractivity contribution < 1.29 is 0 Å². The zero-order valence-corrected chi connectivity index (χ0v) is 11.7. The Bertz CT molecular complexity index is 551. The lowest BCUT2D eigenvalue weighted by Gasteiger charge is -2.09. The topological polar surface area (TPSA) is 93.7 Å². The third kappa shape index (κ3) is 2.59. The number of aromatic nitrogens is 4. The molecular weight excluding hydrogens is 298 g/mol. The lowest BCUT2D eigenvalue weighted by atomic mass is 10.2. The van der Waals surface area contributed by atoms with E-state index in [0.717, 1.165) is 11.3 Å². The molecule has 0 aromatic carbocycles. The van der Waals surface area contributed by atoms with E-state index in [1.807, 2.05) is 20.2 Å². The van der Waals surface area contributed by atoms with Crippen LogP contribution in [0.3, 0.4) is 0 Å². The Hall–Kier alpha value is -1.67. The second kappa shape index (κ2) is 5.32. The molecule has 2 rings (SSSR count). The Morgan fingerprint density at radius 2 is 2.11 bits per heavy atom. The van der Waals surface area contributed by atoms with Crippen LogP contribution in [0.5, 0.6) is 0 Å². The smallest absolute Gasteiger partial charge is 0.159 e. The molecule has 2 heterocycles. The maximum Gasteiger partial charge on any atom is 0.159 e. The van der Waals surface area contributed by atoms with Gasteiger partial charge in [-0.1, -0.05) is 0 Å². The van der Waals surface area contributed by atoms with E-state index in [1.54, 1.807) is 4.68 Å². The van der Waals surface area contributed by atoms with Gasteiger partial charge in [-0.25, -0.2) is 15.8 Å². The zero-order valence-electron chi connectivity index (χ0n) is 10.1. The van der Waals surface area contributed by atoms with Crippen LogP contribution in [-0.4, -0.2) is 19.7 Å². The molecule has 4 N–H and O–H groups in total. The molecule has 0 bridgehead atoms. The number of nitrogens with zero attached hydrogens (tertiary/aromatic N) is 4. The van der Waals surface area contributed by atoms with Gasteiger partial charge in [0.05, 0.1) is 5.69 Å². The van der Waals surface area contributed by atoms with Crippen LogP contribution in [-0.2, 0) is 13.6 Å². The van der Waals surface area contributed by atoms with Crippen molar-refractivity contribution in [3.63, 3.8) is 0 Å². The lowest BCUT2D eigenvalue weighted by Crippen LogP contribution is -2.11. The number of hydrogen-bond donors (Lipinski definition) is 3. The van der Waals surface area contributed by atoms with Gasteiger partial charge < -0.3 is 10.7 Å². The number of hydrogen-bond acceptors (Lipinski definition) is 6. The van der Waals surface area contributed by atoms with E-state index in [-0.39, 0.29) is 0 Å². The fourth-order valence-corrected chi connectivity index (χ4v) is 2.05. The minimum Gasteiger partial charge on any atom is -0.365 e. The minimum atomic E-state index is 0.537. The normalized spacial score (nSPS) is 10.4. The molecule has 0 spiro atoms. The summed E-state index contributed by atoms with van der Waals surface area (Å²) in [5, 5.41) is 7.49. The molecule has 0 aliphatic rings. The second-order valence-corrected chi connectivity index (χ2v) is 4.59. The van der Waals surface area contributed by atoms with Gasteiger partial charge in [0.2, 0.25) is 0 Å². The molecule has 0 atom stereocenters. The quantitative estimate of drug-likeness (QED) is 0.580. The highest BCUT2D eigenvalue weighted by atomic mass is 79.9. The lowest BCUT2D eigenvalue weighted by molar-refractivity contribution is 0.756. The van der Waals surface area contributed by atoms with Crippen molar-refractivity contribution in [2.75, 3.05) is 10.7 Å². The summed E-state index contributed by atoms with van der Waals surface area (Å²) in [5.41, 5.74) is 4.60. The maximum absolute atomic E-state index is 5.34. The molecule has 0 radical (unpaired) electrons. The van der Waals surface area contributed by atoms with E-state index >= 15 is 0 Å². The second-order valence-electron chi connectivity index (χ2n) is 3.80. The van der Waals surface area contributed by atoms with Crippen molar-refractivity contribution >= 4 is 27.6 Å². The predicted octanol–water partition coefficient (Wildman–Crippen LogP) is 1.18. The Kier molecular flexibility index (Phi) is 3.78. The summed E-state index contributed by atoms with van der Waals surface area (Å²) in [4.78, 5) is 8.13. The van der Waals surface area contributed by atoms with Gasteiger partial charge in [-0.05, 0) is 22.9 Å². The number of anilines is 2. The van der Waals surface area contributed by atoms with Crippen molar-refractivity contribution in [1.29, 1.82) is 0 Å². The minimum absolute atomic E-state index is 0.537. The molecule has 2 aromatic rings. The van der Waals surface area contributed by atoms with Gasteiger partial charge in [0.25, 0.3) is 0 Å². The summed E-state index contributed by atoms with van der Waals surface area (Å²) in [6.07, 6.45) is 3.41. The maximum atomic E-state index is 5.34. The van der Waals surface area contributed by atoms with E-state index in [1.165, 1.54) is 6.33 Å². The first-order valence-corrected chi connectivity index (χ1v) is 6.11. The Balaban J connectivity index is 2.13. The van der Waals surface area contributed by atoms with Crippen molar-refractivity contribution in [3.8, 4) is 0 Å². The summed E-state index contributed by atoms with van der Waals surface area (Å²) in [7, 11) is 1.90. The summed E-state index contributed by atoms with van der Waals surface area (Å²) >= 11 is 3.39. The molecule has 0 unspecified atom stereocenters. The molecule has 7 nitrogen and oxygen atoms in total. The van der Waals surface area contributed by atoms with Gasteiger partial charge in [0.1, 0.15) is 16.6 Å². The van der Waals surface area contributed by atoms with E-state index in [2.05, 4.69) is 41.7 Å². The molecule has 0 aliphatic heterocycles. The van der Waals surface area contributed by atoms with Gasteiger partial charge in [-0.15, -0.1) is 0 Å². The number of aryl methyl sites for hydroxylation is 2. The summed E-state index contributed by atoms with van der Waals surface area (Å²) < 4.78 is 2.49. The van der Waals surface area contributed by atoms with E-state index in [4.69, 9.17) is 5.84 Å². The molecule has 0 saturated heterocycles. The molecule has 0 aliphatic carbocycles. The van der Waals surface area contributed by atoms with Gasteiger partial charge >= 0.3 is 0 Å². The largest absolute Gasteiger partial charge is 0.365 e. The van der Waals surface area contributed by atoms with Gasteiger partial charge in [-0.2, -0.15) is 5.10 Å². The van der Waals surface area contributed by atoms with Crippen molar-refractivity contribution in [1.82, 2.24) is 19.7 Å². The van der Waals surface area contributed by atoms with Gasteiger partial charge in [-0.3, -0.25) is 4.68 Å². The van der Waals surface area contributed by atoms with Crippen LogP contribution < -0.4 is 16.6 Å². The molecule has 96 valence electrons. The molecular formula is C10H14BrN7. The van der Waals surface area contributed by atoms with E-state index in [9.17, 15) is 0 Å². The molecule has 0 amide bonds. The average Bonchev–Trinajstić information content (AvgIpc) is 2.66. The standard InChI is InChI=1S/C10H14BrN7/c1-6-7(4-18(2)17-6)3-13-9-8(11)10(16-12)15-5-14-9/h4-5H,3,12H2,1-2H3,(H2,13,14,15,16). The Morgan fingerprint density at radius 3 is 2.72 bits per heavy atom. The first-order chi connectivity index (χ1) is 8.61. The van der Waals surface area contributed by atoms with Gasteiger partial charge in [0, 0.05) is 25.4 Å². The van der Waals surface area contributed by atoms with Crippen LogP contribution in [0.15, 0.2) is 17.0 Å². The zero-order chi connectivity index (χ0) is 13.1. The molecule has 0 fully saturated rings. The highest BCUT2D eigenvalue weighted by Crippen LogP contribution is 2.26. The van der Waals surface area contributed by atoms with Crippen LogP contribution in [0.2, 0.25) is 0 Å². The molecule has 0 saturated carbocycles. The van der Waals surface area contributed by atoms with Crippen LogP contribution in [0.25, 0.3) is 0 Å². The van der Waals surface area contributed by atoms with Crippen molar-refractivity contribution in [3.05, 3.63) is 28.3 Å². The first kappa shape index (κ1) is 12.8. The molecule has 18 heavy (non-hydrogen) atoms. The highest BCUT2D eigenvalue weighted by Gasteiger charge is 2.08. The number of nitrogens with one attached hydrogen (secondary N) is 2. The fourth-order valence-electron chi connectivity index (χ4n) is 1.59. The van der Waals surface area contributed by atoms with Gasteiger partial charge in [0.15, 0.2) is 5.82 Å². The van der Waals surface area contributed by atoms with Crippen molar-refractivity contribution in [2.24, 2.45) is 12.9 Å². The van der Waals surface area contributed by atoms with E-state index < -0.39 is 0 Å². The van der Waals surface area contributed by atoms with E-state index in [0.29, 0.717) is 22.7 Å². The first-order valence-electron chi connectivity index (χ1n) is 5.32. The molecule has 2 aromatic heterocycles. The average molecular weight is 312 g/mol. The third-order valence-corrected chi connectivity index (χ3v) is 3.24.